The summed E-state index contributed by atoms with van der Waals surface area (Å²) in [6, 6.07) is -1.07. The molecular formula is C9H13N3O3S2. The molecule has 1 fully saturated rings. The second kappa shape index (κ2) is 5.11. The van der Waals surface area contributed by atoms with Crippen molar-refractivity contribution in [1.82, 2.24) is 4.98 Å². The Kier molecular flexibility index (Phi) is 3.75. The lowest BCUT2D eigenvalue weighted by atomic mass is 10.2. The highest BCUT2D eigenvalue weighted by molar-refractivity contribution is 7.85. The van der Waals surface area contributed by atoms with Gasteiger partial charge in [0.05, 0.1) is 5.69 Å². The van der Waals surface area contributed by atoms with Crippen LogP contribution in [-0.4, -0.2) is 44.9 Å². The first-order valence-corrected chi connectivity index (χ1v) is 7.48. The molecule has 1 aromatic rings. The summed E-state index contributed by atoms with van der Waals surface area (Å²) in [5.41, 5.74) is 5.86. The predicted molar refractivity (Wildman–Crippen MR) is 66.8 cm³/mol. The number of rotatable bonds is 3. The van der Waals surface area contributed by atoms with Crippen LogP contribution in [0.2, 0.25) is 0 Å². The number of aromatic nitrogens is 1. The lowest BCUT2D eigenvalue weighted by molar-refractivity contribution is -0.138. The molecule has 0 aliphatic carbocycles. The Morgan fingerprint density at radius 1 is 1.59 bits per heavy atom. The van der Waals surface area contributed by atoms with Gasteiger partial charge in [0.1, 0.15) is 6.04 Å². The summed E-state index contributed by atoms with van der Waals surface area (Å²) < 4.78 is 11.2. The van der Waals surface area contributed by atoms with E-state index in [1.165, 1.54) is 11.3 Å². The van der Waals surface area contributed by atoms with Gasteiger partial charge < -0.3 is 15.7 Å². The topological polar surface area (TPSA) is 96.5 Å². The number of carboxylic acid groups (broad SMARTS) is 1. The van der Waals surface area contributed by atoms with Crippen LogP contribution in [0.5, 0.6) is 0 Å². The zero-order valence-corrected chi connectivity index (χ0v) is 10.7. The Hall–Kier alpha value is -0.990. The van der Waals surface area contributed by atoms with Crippen molar-refractivity contribution < 1.29 is 14.1 Å². The maximum Gasteiger partial charge on any atom is 0.326 e. The first kappa shape index (κ1) is 12.5. The highest BCUT2D eigenvalue weighted by Gasteiger charge is 2.22. The summed E-state index contributed by atoms with van der Waals surface area (Å²) in [5.74, 6) is 0.196. The molecule has 0 spiro atoms. The zero-order chi connectivity index (χ0) is 12.4. The number of carboxylic acids is 1. The van der Waals surface area contributed by atoms with E-state index in [1.807, 2.05) is 4.90 Å². The minimum Gasteiger partial charge on any atom is -0.480 e. The number of aliphatic carboxylic acids is 1. The van der Waals surface area contributed by atoms with E-state index in [0.29, 0.717) is 30.3 Å². The SMILES string of the molecule is NC(C(=O)O)c1csc(N2CCS(=O)CC2)n1. The molecule has 94 valence electrons. The average molecular weight is 275 g/mol. The van der Waals surface area contributed by atoms with E-state index in [4.69, 9.17) is 10.8 Å². The van der Waals surface area contributed by atoms with Crippen molar-refractivity contribution in [3.63, 3.8) is 0 Å². The van der Waals surface area contributed by atoms with Gasteiger partial charge in [0, 0.05) is 40.8 Å². The van der Waals surface area contributed by atoms with Gasteiger partial charge in [-0.2, -0.15) is 0 Å². The van der Waals surface area contributed by atoms with E-state index in [-0.39, 0.29) is 0 Å². The van der Waals surface area contributed by atoms with Crippen molar-refractivity contribution in [2.45, 2.75) is 6.04 Å². The Bertz CT molecular complexity index is 438. The molecule has 0 bridgehead atoms. The number of thiazole rings is 1. The summed E-state index contributed by atoms with van der Waals surface area (Å²) in [6.45, 7) is 1.39. The first-order valence-electron chi connectivity index (χ1n) is 5.11. The molecular weight excluding hydrogens is 262 g/mol. The lowest BCUT2D eigenvalue weighted by Gasteiger charge is -2.25. The molecule has 1 atom stereocenters. The molecule has 1 aliphatic heterocycles. The summed E-state index contributed by atoms with van der Waals surface area (Å²) in [6.07, 6.45) is 0. The van der Waals surface area contributed by atoms with Gasteiger partial charge in [0.25, 0.3) is 0 Å². The molecule has 0 saturated carbocycles. The van der Waals surface area contributed by atoms with Crippen molar-refractivity contribution in [3.8, 4) is 0 Å². The summed E-state index contributed by atoms with van der Waals surface area (Å²) >= 11 is 1.38. The number of nitrogens with zero attached hydrogens (tertiary/aromatic N) is 2. The molecule has 8 heteroatoms. The third-order valence-electron chi connectivity index (χ3n) is 2.54. The summed E-state index contributed by atoms with van der Waals surface area (Å²) in [5, 5.41) is 11.2. The zero-order valence-electron chi connectivity index (χ0n) is 9.04. The van der Waals surface area contributed by atoms with E-state index in [1.54, 1.807) is 5.38 Å². The van der Waals surface area contributed by atoms with Gasteiger partial charge in [-0.15, -0.1) is 11.3 Å². The van der Waals surface area contributed by atoms with E-state index in [2.05, 4.69) is 4.98 Å². The predicted octanol–water partition coefficient (Wildman–Crippen LogP) is -0.204. The molecule has 1 unspecified atom stereocenters. The third-order valence-corrected chi connectivity index (χ3v) is 4.74. The Morgan fingerprint density at radius 3 is 2.82 bits per heavy atom. The van der Waals surface area contributed by atoms with E-state index in [9.17, 15) is 9.00 Å². The maximum absolute atomic E-state index is 11.2. The molecule has 17 heavy (non-hydrogen) atoms. The second-order valence-electron chi connectivity index (χ2n) is 3.71. The van der Waals surface area contributed by atoms with Gasteiger partial charge in [-0.1, -0.05) is 0 Å². The number of nitrogens with two attached hydrogens (primary N) is 1. The van der Waals surface area contributed by atoms with Crippen molar-refractivity contribution in [1.29, 1.82) is 0 Å². The fraction of sp³-hybridized carbons (Fsp3) is 0.556. The van der Waals surface area contributed by atoms with Crippen molar-refractivity contribution in [3.05, 3.63) is 11.1 Å². The van der Waals surface area contributed by atoms with Gasteiger partial charge in [0.15, 0.2) is 5.13 Å². The number of hydrogen-bond acceptors (Lipinski definition) is 6. The Morgan fingerprint density at radius 2 is 2.24 bits per heavy atom. The van der Waals surface area contributed by atoms with Crippen LogP contribution in [0.25, 0.3) is 0 Å². The fourth-order valence-corrected chi connectivity index (χ4v) is 3.49. The van der Waals surface area contributed by atoms with E-state index < -0.39 is 22.8 Å². The normalized spacial score (nSPS) is 19.2. The summed E-state index contributed by atoms with van der Waals surface area (Å²) in [4.78, 5) is 17.0. The van der Waals surface area contributed by atoms with Gasteiger partial charge in [-0.05, 0) is 0 Å². The van der Waals surface area contributed by atoms with Gasteiger partial charge >= 0.3 is 5.97 Å². The Labute approximate surface area is 105 Å². The van der Waals surface area contributed by atoms with E-state index in [0.717, 1.165) is 5.13 Å². The maximum atomic E-state index is 11.2. The van der Waals surface area contributed by atoms with Gasteiger partial charge in [-0.3, -0.25) is 9.00 Å². The Balaban J connectivity index is 2.08. The van der Waals surface area contributed by atoms with Gasteiger partial charge in [0.2, 0.25) is 0 Å². The minimum atomic E-state index is -1.08. The van der Waals surface area contributed by atoms with Crippen LogP contribution >= 0.6 is 11.3 Å². The van der Waals surface area contributed by atoms with Crippen LogP contribution in [0.3, 0.4) is 0 Å². The molecule has 0 aromatic carbocycles. The fourth-order valence-electron chi connectivity index (χ4n) is 1.52. The summed E-state index contributed by atoms with van der Waals surface area (Å²) in [7, 11) is -0.728. The number of hydrogen-bond donors (Lipinski definition) is 2. The van der Waals surface area contributed by atoms with E-state index >= 15 is 0 Å². The van der Waals surface area contributed by atoms with Gasteiger partial charge in [-0.25, -0.2) is 4.98 Å². The van der Waals surface area contributed by atoms with Crippen LogP contribution in [0.15, 0.2) is 5.38 Å². The number of carbonyl (C=O) groups is 1. The number of anilines is 1. The van der Waals surface area contributed by atoms with Crippen molar-refractivity contribution >= 4 is 33.2 Å². The standard InChI is InChI=1S/C9H13N3O3S2/c10-7(8(13)14)6-5-16-9(11-6)12-1-3-17(15)4-2-12/h5,7H,1-4,10H2,(H,13,14). The third kappa shape index (κ3) is 2.82. The van der Waals surface area contributed by atoms with Crippen LogP contribution in [0.1, 0.15) is 11.7 Å². The molecule has 1 aromatic heterocycles. The second-order valence-corrected chi connectivity index (χ2v) is 6.24. The lowest BCUT2D eigenvalue weighted by Crippen LogP contribution is -2.37. The molecule has 1 aliphatic rings. The van der Waals surface area contributed by atoms with Crippen LogP contribution < -0.4 is 10.6 Å². The van der Waals surface area contributed by atoms with Crippen molar-refractivity contribution in [2.75, 3.05) is 29.5 Å². The molecule has 0 amide bonds. The molecule has 3 N–H and O–H groups in total. The molecule has 2 rings (SSSR count). The highest BCUT2D eigenvalue weighted by atomic mass is 32.2. The quantitative estimate of drug-likeness (QED) is 0.793. The van der Waals surface area contributed by atoms with Crippen LogP contribution in [-0.2, 0) is 15.6 Å². The molecule has 2 heterocycles. The molecule has 1 saturated heterocycles. The smallest absolute Gasteiger partial charge is 0.326 e. The highest BCUT2D eigenvalue weighted by Crippen LogP contribution is 2.24. The van der Waals surface area contributed by atoms with Crippen molar-refractivity contribution in [2.24, 2.45) is 5.73 Å². The molecule has 6 nitrogen and oxygen atoms in total. The monoisotopic (exact) mass is 275 g/mol. The van der Waals surface area contributed by atoms with Crippen LogP contribution in [0.4, 0.5) is 5.13 Å². The largest absolute Gasteiger partial charge is 0.480 e. The average Bonchev–Trinajstić information content (AvgIpc) is 2.78. The van der Waals surface area contributed by atoms with Crippen LogP contribution in [0, 0.1) is 0 Å². The minimum absolute atomic E-state index is 0.379. The first-order chi connectivity index (χ1) is 8.08. The molecule has 0 radical (unpaired) electrons.